The van der Waals surface area contributed by atoms with Crippen LogP contribution in [0.2, 0.25) is 0 Å². The van der Waals surface area contributed by atoms with Gasteiger partial charge in [0, 0.05) is 12.1 Å². The first kappa shape index (κ1) is 13.4. The van der Waals surface area contributed by atoms with Crippen LogP contribution in [0.3, 0.4) is 0 Å². The molecule has 0 aliphatic carbocycles. The van der Waals surface area contributed by atoms with Gasteiger partial charge in [0.1, 0.15) is 11.5 Å². The molecule has 1 aromatic heterocycles. The highest BCUT2D eigenvalue weighted by Gasteiger charge is 2.09. The van der Waals surface area contributed by atoms with E-state index in [-0.39, 0.29) is 5.56 Å². The monoisotopic (exact) mass is 261 g/mol. The lowest BCUT2D eigenvalue weighted by atomic mass is 10.1. The summed E-state index contributed by atoms with van der Waals surface area (Å²) in [6, 6.07) is 4.35. The minimum atomic E-state index is -0.522. The summed E-state index contributed by atoms with van der Waals surface area (Å²) in [4.78, 5) is 10.7. The van der Waals surface area contributed by atoms with E-state index in [4.69, 9.17) is 0 Å². The lowest BCUT2D eigenvalue weighted by Crippen LogP contribution is -2.06. The molecule has 1 heterocycles. The Kier molecular flexibility index (Phi) is 4.04. The second kappa shape index (κ2) is 5.73. The van der Waals surface area contributed by atoms with E-state index in [2.05, 4.69) is 24.2 Å². The molecule has 4 nitrogen and oxygen atoms in total. The highest BCUT2D eigenvalue weighted by atomic mass is 19.1. The van der Waals surface area contributed by atoms with E-state index in [0.717, 1.165) is 13.0 Å². The van der Waals surface area contributed by atoms with Crippen molar-refractivity contribution in [3.63, 3.8) is 0 Å². The summed E-state index contributed by atoms with van der Waals surface area (Å²) in [5.74, 6) is -0.000879. The van der Waals surface area contributed by atoms with Gasteiger partial charge in [-0.1, -0.05) is 25.5 Å². The van der Waals surface area contributed by atoms with Crippen molar-refractivity contribution in [1.29, 1.82) is 0 Å². The average molecular weight is 261 g/mol. The van der Waals surface area contributed by atoms with Gasteiger partial charge in [0.25, 0.3) is 0 Å². The van der Waals surface area contributed by atoms with E-state index in [1.807, 2.05) is 6.20 Å². The molecular formula is C14H16FN3O. The van der Waals surface area contributed by atoms with Crippen LogP contribution in [0.4, 0.5) is 4.39 Å². The largest absolute Gasteiger partial charge is 0.298 e. The molecule has 0 aliphatic rings. The Morgan fingerprint density at radius 2 is 2.26 bits per heavy atom. The van der Waals surface area contributed by atoms with Crippen LogP contribution in [-0.2, 0) is 6.54 Å². The fourth-order valence-electron chi connectivity index (χ4n) is 1.76. The van der Waals surface area contributed by atoms with Crippen LogP contribution in [0, 0.1) is 11.7 Å². The Morgan fingerprint density at radius 1 is 1.47 bits per heavy atom. The summed E-state index contributed by atoms with van der Waals surface area (Å²) in [7, 11) is 0. The quantitative estimate of drug-likeness (QED) is 0.777. The van der Waals surface area contributed by atoms with Gasteiger partial charge in [-0.15, -0.1) is 5.10 Å². The number of carbonyl (C=O) groups is 1. The molecular weight excluding hydrogens is 245 g/mol. The van der Waals surface area contributed by atoms with Crippen molar-refractivity contribution in [3.8, 4) is 11.3 Å². The third kappa shape index (κ3) is 3.05. The second-order valence-corrected chi connectivity index (χ2v) is 4.69. The van der Waals surface area contributed by atoms with Crippen molar-refractivity contribution in [3.05, 3.63) is 35.8 Å². The lowest BCUT2D eigenvalue weighted by molar-refractivity contribution is 0.112. The van der Waals surface area contributed by atoms with E-state index in [1.54, 1.807) is 10.7 Å². The first-order chi connectivity index (χ1) is 9.13. The van der Waals surface area contributed by atoms with Crippen molar-refractivity contribution in [1.82, 2.24) is 15.0 Å². The molecule has 19 heavy (non-hydrogen) atoms. The van der Waals surface area contributed by atoms with Crippen molar-refractivity contribution in [2.75, 3.05) is 0 Å². The van der Waals surface area contributed by atoms with Crippen LogP contribution in [-0.4, -0.2) is 21.3 Å². The fraction of sp³-hybridized carbons (Fsp3) is 0.357. The predicted molar refractivity (Wildman–Crippen MR) is 70.3 cm³/mol. The van der Waals surface area contributed by atoms with E-state index < -0.39 is 5.82 Å². The minimum Gasteiger partial charge on any atom is -0.298 e. The van der Waals surface area contributed by atoms with Crippen LogP contribution in [0.1, 0.15) is 30.6 Å². The average Bonchev–Trinajstić information content (AvgIpc) is 2.87. The fourth-order valence-corrected chi connectivity index (χ4v) is 1.76. The van der Waals surface area contributed by atoms with E-state index in [0.29, 0.717) is 23.5 Å². The van der Waals surface area contributed by atoms with Crippen molar-refractivity contribution >= 4 is 6.29 Å². The number of rotatable bonds is 5. The topological polar surface area (TPSA) is 47.8 Å². The summed E-state index contributed by atoms with van der Waals surface area (Å²) in [6.07, 6.45) is 3.39. The van der Waals surface area contributed by atoms with Gasteiger partial charge >= 0.3 is 0 Å². The number of aldehydes is 1. The molecule has 1 aromatic carbocycles. The zero-order chi connectivity index (χ0) is 13.8. The summed E-state index contributed by atoms with van der Waals surface area (Å²) >= 11 is 0. The van der Waals surface area contributed by atoms with Crippen LogP contribution >= 0.6 is 0 Å². The van der Waals surface area contributed by atoms with Gasteiger partial charge in [-0.25, -0.2) is 4.39 Å². The van der Waals surface area contributed by atoms with Crippen LogP contribution in [0.15, 0.2) is 24.4 Å². The van der Waals surface area contributed by atoms with Gasteiger partial charge in [-0.05, 0) is 24.1 Å². The third-order valence-electron chi connectivity index (χ3n) is 3.15. The number of carbonyl (C=O) groups excluding carboxylic acids is 1. The highest BCUT2D eigenvalue weighted by Crippen LogP contribution is 2.19. The van der Waals surface area contributed by atoms with E-state index in [9.17, 15) is 9.18 Å². The lowest BCUT2D eigenvalue weighted by Gasteiger charge is -2.06. The van der Waals surface area contributed by atoms with Crippen LogP contribution in [0.25, 0.3) is 11.3 Å². The number of nitrogens with zero attached hydrogens (tertiary/aromatic N) is 3. The molecule has 1 atom stereocenters. The molecule has 2 rings (SSSR count). The molecule has 0 radical (unpaired) electrons. The molecule has 0 fully saturated rings. The third-order valence-corrected chi connectivity index (χ3v) is 3.15. The predicted octanol–water partition coefficient (Wildman–Crippen LogP) is 2.94. The number of halogens is 1. The van der Waals surface area contributed by atoms with E-state index >= 15 is 0 Å². The molecule has 0 amide bonds. The summed E-state index contributed by atoms with van der Waals surface area (Å²) in [5.41, 5.74) is 1.37. The second-order valence-electron chi connectivity index (χ2n) is 4.69. The number of benzene rings is 1. The summed E-state index contributed by atoms with van der Waals surface area (Å²) in [6.45, 7) is 5.06. The molecule has 0 saturated heterocycles. The Labute approximate surface area is 111 Å². The number of hydrogen-bond donors (Lipinski definition) is 0. The maximum absolute atomic E-state index is 13.2. The molecule has 100 valence electrons. The van der Waals surface area contributed by atoms with Crippen LogP contribution < -0.4 is 0 Å². The number of aromatic nitrogens is 3. The first-order valence-corrected chi connectivity index (χ1v) is 6.29. The Hall–Kier alpha value is -2.04. The molecule has 0 N–H and O–H groups in total. The van der Waals surface area contributed by atoms with Gasteiger partial charge in [0.05, 0.1) is 11.8 Å². The van der Waals surface area contributed by atoms with Crippen molar-refractivity contribution < 1.29 is 9.18 Å². The zero-order valence-corrected chi connectivity index (χ0v) is 11.0. The van der Waals surface area contributed by atoms with Crippen molar-refractivity contribution in [2.45, 2.75) is 26.8 Å². The summed E-state index contributed by atoms with van der Waals surface area (Å²) < 4.78 is 15.0. The Bertz CT molecular complexity index is 580. The number of hydrogen-bond acceptors (Lipinski definition) is 3. The molecule has 0 saturated carbocycles. The van der Waals surface area contributed by atoms with Gasteiger partial charge < -0.3 is 0 Å². The first-order valence-electron chi connectivity index (χ1n) is 6.29. The molecule has 0 bridgehead atoms. The maximum Gasteiger partial charge on any atom is 0.153 e. The minimum absolute atomic E-state index is 0.0361. The summed E-state index contributed by atoms with van der Waals surface area (Å²) in [5, 5.41) is 8.10. The van der Waals surface area contributed by atoms with Crippen LogP contribution in [0.5, 0.6) is 0 Å². The van der Waals surface area contributed by atoms with E-state index in [1.165, 1.54) is 12.1 Å². The van der Waals surface area contributed by atoms with Gasteiger partial charge in [0.2, 0.25) is 0 Å². The zero-order valence-electron chi connectivity index (χ0n) is 11.0. The molecule has 2 aromatic rings. The maximum atomic E-state index is 13.2. The molecule has 0 aliphatic heterocycles. The van der Waals surface area contributed by atoms with Gasteiger partial charge in [0.15, 0.2) is 6.29 Å². The smallest absolute Gasteiger partial charge is 0.153 e. The Morgan fingerprint density at radius 3 is 2.95 bits per heavy atom. The molecule has 1 unspecified atom stereocenters. The van der Waals surface area contributed by atoms with Gasteiger partial charge in [-0.3, -0.25) is 9.48 Å². The molecule has 0 spiro atoms. The molecule has 5 heteroatoms. The van der Waals surface area contributed by atoms with Gasteiger partial charge in [-0.2, -0.15) is 0 Å². The Balaban J connectivity index is 2.25. The SMILES string of the molecule is CCC(C)Cn1cc(-c2ccc(F)c(C=O)c2)nn1. The standard InChI is InChI=1S/C14H16FN3O/c1-3-10(2)7-18-8-14(16-17-18)11-4-5-13(15)12(6-11)9-19/h4-6,8-10H,3,7H2,1-2H3. The highest BCUT2D eigenvalue weighted by molar-refractivity contribution is 5.78. The van der Waals surface area contributed by atoms with Crippen molar-refractivity contribution in [2.24, 2.45) is 5.92 Å². The normalized spacial score (nSPS) is 12.4.